The average Bonchev–Trinajstić information content (AvgIpc) is 2.84. The number of ether oxygens (including phenoxy) is 1. The Labute approximate surface area is 131 Å². The zero-order valence-electron chi connectivity index (χ0n) is 13.4. The van der Waals surface area contributed by atoms with E-state index >= 15 is 0 Å². The fourth-order valence-corrected chi connectivity index (χ4v) is 2.22. The van der Waals surface area contributed by atoms with Gasteiger partial charge in [-0.15, -0.1) is 0 Å². The Morgan fingerprint density at radius 1 is 1.32 bits per heavy atom. The lowest BCUT2D eigenvalue weighted by atomic mass is 10.1. The topological polar surface area (TPSA) is 44.1 Å². The molecule has 0 unspecified atom stereocenters. The molecule has 4 heteroatoms. The summed E-state index contributed by atoms with van der Waals surface area (Å²) in [4.78, 5) is 11.7. The van der Waals surface area contributed by atoms with E-state index in [1.54, 1.807) is 6.08 Å². The number of unbranched alkanes of at least 4 members (excludes halogenated alkanes) is 1. The highest BCUT2D eigenvalue weighted by molar-refractivity contribution is 5.87. The summed E-state index contributed by atoms with van der Waals surface area (Å²) in [5.41, 5.74) is 3.91. The molecule has 1 aromatic carbocycles. The maximum absolute atomic E-state index is 11.7. The number of rotatable bonds is 6. The van der Waals surface area contributed by atoms with E-state index < -0.39 is 0 Å². The van der Waals surface area contributed by atoms with Crippen LogP contribution in [0.2, 0.25) is 0 Å². The number of esters is 1. The molecule has 1 aromatic heterocycles. The molecule has 0 spiro atoms. The maximum atomic E-state index is 11.7. The molecular formula is C18H22N2O2. The minimum atomic E-state index is -0.309. The number of carbonyl (C=O) groups excluding carboxylic acids is 1. The zero-order valence-corrected chi connectivity index (χ0v) is 13.4. The Morgan fingerprint density at radius 2 is 2.09 bits per heavy atom. The van der Waals surface area contributed by atoms with E-state index in [-0.39, 0.29) is 5.97 Å². The van der Waals surface area contributed by atoms with Gasteiger partial charge in [0.2, 0.25) is 0 Å². The number of benzene rings is 1. The van der Waals surface area contributed by atoms with Crippen molar-refractivity contribution in [2.24, 2.45) is 0 Å². The van der Waals surface area contributed by atoms with Crippen LogP contribution in [-0.4, -0.2) is 22.4 Å². The summed E-state index contributed by atoms with van der Waals surface area (Å²) in [6, 6.07) is 9.88. The van der Waals surface area contributed by atoms with Crippen molar-refractivity contribution in [1.29, 1.82) is 0 Å². The highest BCUT2D eigenvalue weighted by Gasteiger charge is 2.07. The van der Waals surface area contributed by atoms with Crippen molar-refractivity contribution >= 4 is 12.0 Å². The van der Waals surface area contributed by atoms with Crippen molar-refractivity contribution in [2.75, 3.05) is 6.61 Å². The molecule has 0 aliphatic heterocycles. The van der Waals surface area contributed by atoms with E-state index in [1.165, 1.54) is 6.08 Å². The van der Waals surface area contributed by atoms with Gasteiger partial charge in [-0.2, -0.15) is 5.10 Å². The van der Waals surface area contributed by atoms with E-state index in [4.69, 9.17) is 4.74 Å². The molecule has 0 radical (unpaired) electrons. The minimum Gasteiger partial charge on any atom is -0.463 e. The van der Waals surface area contributed by atoms with Gasteiger partial charge >= 0.3 is 5.97 Å². The van der Waals surface area contributed by atoms with Crippen molar-refractivity contribution in [1.82, 2.24) is 9.78 Å². The smallest absolute Gasteiger partial charge is 0.330 e. The predicted molar refractivity (Wildman–Crippen MR) is 87.9 cm³/mol. The number of hydrogen-bond acceptors (Lipinski definition) is 3. The largest absolute Gasteiger partial charge is 0.463 e. The molecule has 4 nitrogen and oxygen atoms in total. The van der Waals surface area contributed by atoms with E-state index in [9.17, 15) is 4.79 Å². The van der Waals surface area contributed by atoms with Gasteiger partial charge in [0.1, 0.15) is 0 Å². The molecule has 0 aliphatic rings. The number of hydrogen-bond donors (Lipinski definition) is 0. The number of nitrogens with zero attached hydrogens (tertiary/aromatic N) is 2. The molecule has 1 heterocycles. The lowest BCUT2D eigenvalue weighted by Gasteiger charge is -2.08. The minimum absolute atomic E-state index is 0.309. The van der Waals surface area contributed by atoms with Gasteiger partial charge in [-0.3, -0.25) is 0 Å². The molecule has 0 fully saturated rings. The molecule has 0 saturated heterocycles. The van der Waals surface area contributed by atoms with Crippen molar-refractivity contribution in [3.05, 3.63) is 53.4 Å². The molecule has 2 rings (SSSR count). The van der Waals surface area contributed by atoms with E-state index in [0.29, 0.717) is 6.61 Å². The fourth-order valence-electron chi connectivity index (χ4n) is 2.22. The Bertz CT molecular complexity index is 671. The van der Waals surface area contributed by atoms with Gasteiger partial charge in [0.15, 0.2) is 0 Å². The van der Waals surface area contributed by atoms with Crippen LogP contribution in [0.3, 0.4) is 0 Å². The number of aryl methyl sites for hydroxylation is 2. The van der Waals surface area contributed by atoms with Crippen LogP contribution >= 0.6 is 0 Å². The van der Waals surface area contributed by atoms with Gasteiger partial charge in [-0.05, 0) is 38.5 Å². The molecular weight excluding hydrogens is 276 g/mol. The molecule has 0 N–H and O–H groups in total. The second-order valence-electron chi connectivity index (χ2n) is 5.25. The lowest BCUT2D eigenvalue weighted by molar-refractivity contribution is -0.137. The van der Waals surface area contributed by atoms with Gasteiger partial charge in [-0.25, -0.2) is 9.48 Å². The second-order valence-corrected chi connectivity index (χ2v) is 5.25. The van der Waals surface area contributed by atoms with Crippen LogP contribution in [0.1, 0.15) is 36.7 Å². The Morgan fingerprint density at radius 3 is 2.77 bits per heavy atom. The van der Waals surface area contributed by atoms with E-state index in [0.717, 1.165) is 35.5 Å². The molecule has 0 aliphatic carbocycles. The standard InChI is InChI=1S/C18H22N2O2/c1-4-5-12-22-18(21)11-10-16-8-6-7-9-17(16)20-15(3)13-14(2)19-20/h6-11,13H,4-5,12H2,1-3H3/b11-10+. The Kier molecular flexibility index (Phi) is 5.53. The monoisotopic (exact) mass is 298 g/mol. The molecule has 116 valence electrons. The van der Waals surface area contributed by atoms with Gasteiger partial charge in [-0.1, -0.05) is 31.5 Å². The van der Waals surface area contributed by atoms with Crippen LogP contribution in [0, 0.1) is 13.8 Å². The quantitative estimate of drug-likeness (QED) is 0.462. The first-order valence-electron chi connectivity index (χ1n) is 7.59. The second kappa shape index (κ2) is 7.59. The fraction of sp³-hybridized carbons (Fsp3) is 0.333. The zero-order chi connectivity index (χ0) is 15.9. The molecule has 0 amide bonds. The highest BCUT2D eigenvalue weighted by atomic mass is 16.5. The number of aromatic nitrogens is 2. The van der Waals surface area contributed by atoms with Crippen LogP contribution in [0.4, 0.5) is 0 Å². The summed E-state index contributed by atoms with van der Waals surface area (Å²) in [7, 11) is 0. The molecule has 0 bridgehead atoms. The first-order chi connectivity index (χ1) is 10.6. The van der Waals surface area contributed by atoms with Gasteiger partial charge in [0.25, 0.3) is 0 Å². The maximum Gasteiger partial charge on any atom is 0.330 e. The number of para-hydroxylation sites is 1. The summed E-state index contributed by atoms with van der Waals surface area (Å²) in [6.07, 6.45) is 5.15. The van der Waals surface area contributed by atoms with E-state index in [2.05, 4.69) is 12.0 Å². The molecule has 22 heavy (non-hydrogen) atoms. The highest BCUT2D eigenvalue weighted by Crippen LogP contribution is 2.18. The van der Waals surface area contributed by atoms with Gasteiger partial charge < -0.3 is 4.74 Å². The summed E-state index contributed by atoms with van der Waals surface area (Å²) in [6.45, 7) is 6.51. The van der Waals surface area contributed by atoms with Crippen LogP contribution in [0.15, 0.2) is 36.4 Å². The first-order valence-corrected chi connectivity index (χ1v) is 7.59. The Balaban J connectivity index is 2.19. The molecule has 2 aromatic rings. The van der Waals surface area contributed by atoms with Gasteiger partial charge in [0, 0.05) is 17.3 Å². The first kappa shape index (κ1) is 16.0. The third-order valence-corrected chi connectivity index (χ3v) is 3.32. The van der Waals surface area contributed by atoms with Crippen molar-refractivity contribution in [2.45, 2.75) is 33.6 Å². The van der Waals surface area contributed by atoms with Crippen LogP contribution < -0.4 is 0 Å². The van der Waals surface area contributed by atoms with Crippen molar-refractivity contribution in [3.8, 4) is 5.69 Å². The summed E-state index contributed by atoms with van der Waals surface area (Å²) in [5, 5.41) is 4.50. The SMILES string of the molecule is CCCCOC(=O)/C=C/c1ccccc1-n1nc(C)cc1C. The van der Waals surface area contributed by atoms with Crippen LogP contribution in [0.5, 0.6) is 0 Å². The summed E-state index contributed by atoms with van der Waals surface area (Å²) < 4.78 is 7.02. The Hall–Kier alpha value is -2.36. The third-order valence-electron chi connectivity index (χ3n) is 3.32. The number of carbonyl (C=O) groups is 1. The summed E-state index contributed by atoms with van der Waals surface area (Å²) in [5.74, 6) is -0.309. The van der Waals surface area contributed by atoms with Crippen molar-refractivity contribution in [3.63, 3.8) is 0 Å². The third kappa shape index (κ3) is 4.07. The lowest BCUT2D eigenvalue weighted by Crippen LogP contribution is -2.03. The molecule has 0 atom stereocenters. The average molecular weight is 298 g/mol. The molecule has 0 saturated carbocycles. The van der Waals surface area contributed by atoms with Gasteiger partial charge in [0.05, 0.1) is 18.0 Å². The van der Waals surface area contributed by atoms with Crippen LogP contribution in [-0.2, 0) is 9.53 Å². The van der Waals surface area contributed by atoms with E-state index in [1.807, 2.05) is 48.9 Å². The predicted octanol–water partition coefficient (Wildman–Crippen LogP) is 3.85. The normalized spacial score (nSPS) is 11.0. The van der Waals surface area contributed by atoms with Crippen molar-refractivity contribution < 1.29 is 9.53 Å². The summed E-state index contributed by atoms with van der Waals surface area (Å²) >= 11 is 0. The van der Waals surface area contributed by atoms with Crippen LogP contribution in [0.25, 0.3) is 11.8 Å².